The maximum absolute atomic E-state index is 4.08. The van der Waals surface area contributed by atoms with Crippen LogP contribution in [0.15, 0.2) is 11.7 Å². The molecule has 3 heteroatoms. The fraction of sp³-hybridized carbons (Fsp3) is 0.667. The van der Waals surface area contributed by atoms with Crippen LogP contribution >= 0.6 is 27.3 Å². The van der Waals surface area contributed by atoms with Crippen LogP contribution in [0.1, 0.15) is 25.1 Å². The Morgan fingerprint density at radius 3 is 2.83 bits per heavy atom. The van der Waals surface area contributed by atoms with Gasteiger partial charge in [-0.3, -0.25) is 4.98 Å². The Morgan fingerprint density at radius 1 is 1.67 bits per heavy atom. The van der Waals surface area contributed by atoms with Gasteiger partial charge in [0.05, 0.1) is 5.51 Å². The summed E-state index contributed by atoms with van der Waals surface area (Å²) in [4.78, 5) is 5.47. The average Bonchev–Trinajstić information content (AvgIpc) is 2.57. The molecule has 0 saturated heterocycles. The van der Waals surface area contributed by atoms with Crippen LogP contribution in [0.4, 0.5) is 0 Å². The SMILES string of the molecule is CCC(C)(CBr)Cc1cncs1. The molecular weight excluding hydrogens is 234 g/mol. The third-order valence-corrected chi connectivity index (χ3v) is 4.39. The summed E-state index contributed by atoms with van der Waals surface area (Å²) in [6.45, 7) is 4.55. The highest BCUT2D eigenvalue weighted by Crippen LogP contribution is 2.29. The Hall–Kier alpha value is 0.110. The number of hydrogen-bond acceptors (Lipinski definition) is 2. The van der Waals surface area contributed by atoms with E-state index in [9.17, 15) is 0 Å². The highest BCUT2D eigenvalue weighted by atomic mass is 79.9. The quantitative estimate of drug-likeness (QED) is 0.743. The van der Waals surface area contributed by atoms with Crippen molar-refractivity contribution >= 4 is 27.3 Å². The summed E-state index contributed by atoms with van der Waals surface area (Å²) in [5, 5.41) is 1.06. The van der Waals surface area contributed by atoms with Gasteiger partial charge in [0.1, 0.15) is 0 Å². The zero-order chi connectivity index (χ0) is 9.03. The van der Waals surface area contributed by atoms with Gasteiger partial charge >= 0.3 is 0 Å². The summed E-state index contributed by atoms with van der Waals surface area (Å²) in [5.41, 5.74) is 2.30. The number of alkyl halides is 1. The van der Waals surface area contributed by atoms with E-state index < -0.39 is 0 Å². The maximum Gasteiger partial charge on any atom is 0.0794 e. The topological polar surface area (TPSA) is 12.9 Å². The van der Waals surface area contributed by atoms with Crippen molar-refractivity contribution in [1.29, 1.82) is 0 Å². The predicted molar refractivity (Wildman–Crippen MR) is 58.0 cm³/mol. The van der Waals surface area contributed by atoms with Gasteiger partial charge in [-0.15, -0.1) is 11.3 Å². The molecule has 1 rings (SSSR count). The summed E-state index contributed by atoms with van der Waals surface area (Å²) >= 11 is 5.31. The van der Waals surface area contributed by atoms with Gasteiger partial charge in [0.25, 0.3) is 0 Å². The van der Waals surface area contributed by atoms with E-state index in [4.69, 9.17) is 0 Å². The molecule has 0 fully saturated rings. The zero-order valence-corrected chi connectivity index (χ0v) is 9.91. The molecule has 0 aromatic carbocycles. The molecule has 0 N–H and O–H groups in total. The minimum Gasteiger partial charge on any atom is -0.253 e. The fourth-order valence-corrected chi connectivity index (χ4v) is 2.42. The van der Waals surface area contributed by atoms with Crippen molar-refractivity contribution in [2.24, 2.45) is 5.41 Å². The molecule has 0 saturated carbocycles. The van der Waals surface area contributed by atoms with Crippen LogP contribution in [0.25, 0.3) is 0 Å². The van der Waals surface area contributed by atoms with Crippen LogP contribution in [0.5, 0.6) is 0 Å². The van der Waals surface area contributed by atoms with Crippen LogP contribution in [0.3, 0.4) is 0 Å². The van der Waals surface area contributed by atoms with Gasteiger partial charge in [-0.05, 0) is 18.3 Å². The van der Waals surface area contributed by atoms with Crippen LogP contribution < -0.4 is 0 Å². The summed E-state index contributed by atoms with van der Waals surface area (Å²) in [7, 11) is 0. The second-order valence-electron chi connectivity index (χ2n) is 3.44. The molecule has 0 aliphatic carbocycles. The minimum absolute atomic E-state index is 0.395. The lowest BCUT2D eigenvalue weighted by Crippen LogP contribution is -2.19. The number of aromatic nitrogens is 1. The second kappa shape index (κ2) is 4.38. The van der Waals surface area contributed by atoms with Crippen molar-refractivity contribution in [1.82, 2.24) is 4.98 Å². The molecule has 1 atom stereocenters. The van der Waals surface area contributed by atoms with Gasteiger partial charge in [0, 0.05) is 16.4 Å². The van der Waals surface area contributed by atoms with E-state index in [-0.39, 0.29) is 0 Å². The lowest BCUT2D eigenvalue weighted by Gasteiger charge is -2.24. The molecule has 0 radical (unpaired) electrons. The molecule has 1 heterocycles. The van der Waals surface area contributed by atoms with Gasteiger partial charge in [0.2, 0.25) is 0 Å². The first-order valence-corrected chi connectivity index (χ1v) is 6.13. The Kier molecular flexibility index (Phi) is 3.72. The van der Waals surface area contributed by atoms with E-state index in [2.05, 4.69) is 34.8 Å². The Bertz CT molecular complexity index is 216. The normalized spacial score (nSPS) is 15.9. The maximum atomic E-state index is 4.08. The summed E-state index contributed by atoms with van der Waals surface area (Å²) < 4.78 is 0. The van der Waals surface area contributed by atoms with E-state index >= 15 is 0 Å². The van der Waals surface area contributed by atoms with Gasteiger partial charge in [-0.1, -0.05) is 29.8 Å². The van der Waals surface area contributed by atoms with Gasteiger partial charge in [-0.25, -0.2) is 0 Å². The van der Waals surface area contributed by atoms with Crippen LogP contribution in [0, 0.1) is 5.41 Å². The molecule has 1 nitrogen and oxygen atoms in total. The fourth-order valence-electron chi connectivity index (χ4n) is 1.02. The molecule has 1 unspecified atom stereocenters. The number of rotatable bonds is 4. The van der Waals surface area contributed by atoms with Crippen molar-refractivity contribution in [2.75, 3.05) is 5.33 Å². The first kappa shape index (κ1) is 10.2. The van der Waals surface area contributed by atoms with Crippen molar-refractivity contribution in [3.63, 3.8) is 0 Å². The Balaban J connectivity index is 2.60. The standard InChI is InChI=1S/C9H14BrNS/c1-3-9(2,6-10)4-8-5-11-7-12-8/h5,7H,3-4,6H2,1-2H3. The smallest absolute Gasteiger partial charge is 0.0794 e. The molecule has 0 spiro atoms. The summed E-state index contributed by atoms with van der Waals surface area (Å²) in [6, 6.07) is 0. The summed E-state index contributed by atoms with van der Waals surface area (Å²) in [5.74, 6) is 0. The number of nitrogens with zero attached hydrogens (tertiary/aromatic N) is 1. The predicted octanol–water partition coefficient (Wildman–Crippen LogP) is 3.50. The highest BCUT2D eigenvalue weighted by Gasteiger charge is 2.21. The van der Waals surface area contributed by atoms with E-state index in [1.807, 2.05) is 11.7 Å². The van der Waals surface area contributed by atoms with Crippen LogP contribution in [-0.4, -0.2) is 10.3 Å². The van der Waals surface area contributed by atoms with Crippen LogP contribution in [-0.2, 0) is 6.42 Å². The van der Waals surface area contributed by atoms with E-state index in [0.29, 0.717) is 5.41 Å². The Labute approximate surface area is 86.3 Å². The number of hydrogen-bond donors (Lipinski definition) is 0. The molecular formula is C9H14BrNS. The molecule has 0 aliphatic rings. The van der Waals surface area contributed by atoms with Crippen molar-refractivity contribution in [3.8, 4) is 0 Å². The largest absolute Gasteiger partial charge is 0.253 e. The lowest BCUT2D eigenvalue weighted by atomic mass is 9.86. The van der Waals surface area contributed by atoms with E-state index in [0.717, 1.165) is 11.8 Å². The molecule has 0 aliphatic heterocycles. The second-order valence-corrected chi connectivity index (χ2v) is 4.97. The third-order valence-electron chi connectivity index (χ3n) is 2.26. The van der Waals surface area contributed by atoms with Crippen molar-refractivity contribution in [3.05, 3.63) is 16.6 Å². The number of thiazole rings is 1. The lowest BCUT2D eigenvalue weighted by molar-refractivity contribution is 0.364. The first-order chi connectivity index (χ1) is 5.70. The van der Waals surface area contributed by atoms with E-state index in [1.165, 1.54) is 11.3 Å². The average molecular weight is 248 g/mol. The highest BCUT2D eigenvalue weighted by molar-refractivity contribution is 9.09. The van der Waals surface area contributed by atoms with Gasteiger partial charge < -0.3 is 0 Å². The van der Waals surface area contributed by atoms with Crippen LogP contribution in [0.2, 0.25) is 0 Å². The molecule has 0 bridgehead atoms. The summed E-state index contributed by atoms with van der Waals surface area (Å²) in [6.07, 6.45) is 4.32. The van der Waals surface area contributed by atoms with Crippen molar-refractivity contribution < 1.29 is 0 Å². The number of halogens is 1. The van der Waals surface area contributed by atoms with Crippen molar-refractivity contribution in [2.45, 2.75) is 26.7 Å². The third kappa shape index (κ3) is 2.56. The van der Waals surface area contributed by atoms with E-state index in [1.54, 1.807) is 11.3 Å². The Morgan fingerprint density at radius 2 is 2.42 bits per heavy atom. The molecule has 12 heavy (non-hydrogen) atoms. The molecule has 0 amide bonds. The molecule has 1 aromatic heterocycles. The van der Waals surface area contributed by atoms with Gasteiger partial charge in [-0.2, -0.15) is 0 Å². The monoisotopic (exact) mass is 247 g/mol. The molecule has 1 aromatic rings. The molecule has 68 valence electrons. The minimum atomic E-state index is 0.395. The first-order valence-electron chi connectivity index (χ1n) is 4.13. The zero-order valence-electron chi connectivity index (χ0n) is 7.51. The van der Waals surface area contributed by atoms with Gasteiger partial charge in [0.15, 0.2) is 0 Å².